The van der Waals surface area contributed by atoms with Crippen LogP contribution in [0.2, 0.25) is 0 Å². The van der Waals surface area contributed by atoms with Gasteiger partial charge in [0.1, 0.15) is 0 Å². The van der Waals surface area contributed by atoms with Gasteiger partial charge in [-0.05, 0) is 25.5 Å². The Kier molecular flexibility index (Phi) is 5.24. The second-order valence-electron chi connectivity index (χ2n) is 4.95. The van der Waals surface area contributed by atoms with Crippen LogP contribution in [0.3, 0.4) is 0 Å². The highest BCUT2D eigenvalue weighted by Crippen LogP contribution is 2.32. The van der Waals surface area contributed by atoms with Crippen LogP contribution in [-0.2, 0) is 4.79 Å². The molecule has 1 aliphatic rings. The number of fused-ring (bicyclic) bond motifs is 1. The number of nitrogens with one attached hydrogen (secondary N) is 2. The Labute approximate surface area is 119 Å². The van der Waals surface area contributed by atoms with Crippen LogP contribution in [-0.4, -0.2) is 31.7 Å². The van der Waals surface area contributed by atoms with Crippen LogP contribution in [0.5, 0.6) is 11.5 Å². The Bertz CT molecular complexity index is 462. The van der Waals surface area contributed by atoms with E-state index in [4.69, 9.17) is 9.47 Å². The number of carbonyl (C=O) groups is 1. The number of amides is 1. The van der Waals surface area contributed by atoms with Gasteiger partial charge in [0.05, 0.1) is 19.8 Å². The number of ether oxygens (including phenoxy) is 2. The van der Waals surface area contributed by atoms with E-state index in [0.717, 1.165) is 24.3 Å². The zero-order chi connectivity index (χ0) is 14.4. The molecule has 2 rings (SSSR count). The molecule has 1 amide bonds. The quantitative estimate of drug-likeness (QED) is 0.866. The van der Waals surface area contributed by atoms with E-state index in [2.05, 4.69) is 24.5 Å². The standard InChI is InChI=1S/C15H22N2O3/c1-3-11(2)16-10-15(18)17-12-5-6-13-14(9-12)20-8-4-7-19-13/h5-6,9,11,16H,3-4,7-8,10H2,1-2H3,(H,17,18). The summed E-state index contributed by atoms with van der Waals surface area (Å²) in [4.78, 5) is 11.8. The summed E-state index contributed by atoms with van der Waals surface area (Å²) in [7, 11) is 0. The van der Waals surface area contributed by atoms with Crippen LogP contribution in [0, 0.1) is 0 Å². The van der Waals surface area contributed by atoms with Gasteiger partial charge < -0.3 is 20.1 Å². The van der Waals surface area contributed by atoms with E-state index in [1.807, 2.05) is 18.2 Å². The van der Waals surface area contributed by atoms with Crippen molar-refractivity contribution >= 4 is 11.6 Å². The zero-order valence-corrected chi connectivity index (χ0v) is 12.1. The Morgan fingerprint density at radius 3 is 2.80 bits per heavy atom. The molecule has 1 aliphatic heterocycles. The molecule has 5 nitrogen and oxygen atoms in total. The lowest BCUT2D eigenvalue weighted by atomic mass is 10.2. The molecule has 1 heterocycles. The van der Waals surface area contributed by atoms with Crippen LogP contribution in [0.1, 0.15) is 26.7 Å². The van der Waals surface area contributed by atoms with Gasteiger partial charge in [0.25, 0.3) is 0 Å². The molecule has 1 unspecified atom stereocenters. The fraction of sp³-hybridized carbons (Fsp3) is 0.533. The van der Waals surface area contributed by atoms with Crippen LogP contribution in [0.4, 0.5) is 5.69 Å². The van der Waals surface area contributed by atoms with Gasteiger partial charge in [-0.2, -0.15) is 0 Å². The minimum Gasteiger partial charge on any atom is -0.490 e. The van der Waals surface area contributed by atoms with Gasteiger partial charge in [0, 0.05) is 24.2 Å². The SMILES string of the molecule is CCC(C)NCC(=O)Nc1ccc2c(c1)OCCCO2. The lowest BCUT2D eigenvalue weighted by Crippen LogP contribution is -2.33. The summed E-state index contributed by atoms with van der Waals surface area (Å²) < 4.78 is 11.1. The molecule has 110 valence electrons. The summed E-state index contributed by atoms with van der Waals surface area (Å²) in [5.41, 5.74) is 0.727. The second-order valence-corrected chi connectivity index (χ2v) is 4.95. The van der Waals surface area contributed by atoms with Gasteiger partial charge >= 0.3 is 0 Å². The van der Waals surface area contributed by atoms with Crippen LogP contribution < -0.4 is 20.1 Å². The normalized spacial score (nSPS) is 15.3. The first-order valence-electron chi connectivity index (χ1n) is 7.12. The highest BCUT2D eigenvalue weighted by Gasteiger charge is 2.12. The van der Waals surface area contributed by atoms with Gasteiger partial charge in [-0.25, -0.2) is 0 Å². The summed E-state index contributed by atoms with van der Waals surface area (Å²) in [5, 5.41) is 6.01. The van der Waals surface area contributed by atoms with E-state index in [9.17, 15) is 4.79 Å². The fourth-order valence-electron chi connectivity index (χ4n) is 1.86. The number of hydrogen-bond acceptors (Lipinski definition) is 4. The third-order valence-corrected chi connectivity index (χ3v) is 3.25. The Balaban J connectivity index is 1.93. The van der Waals surface area contributed by atoms with Crippen molar-refractivity contribution in [2.45, 2.75) is 32.7 Å². The molecule has 1 aromatic rings. The molecule has 0 aromatic heterocycles. The Morgan fingerprint density at radius 2 is 2.05 bits per heavy atom. The van der Waals surface area contributed by atoms with Crippen molar-refractivity contribution in [1.29, 1.82) is 0 Å². The van der Waals surface area contributed by atoms with Gasteiger partial charge in [-0.1, -0.05) is 6.92 Å². The van der Waals surface area contributed by atoms with Crippen molar-refractivity contribution in [2.75, 3.05) is 25.1 Å². The molecular weight excluding hydrogens is 256 g/mol. The molecule has 1 aromatic carbocycles. The monoisotopic (exact) mass is 278 g/mol. The van der Waals surface area contributed by atoms with Crippen molar-refractivity contribution in [3.63, 3.8) is 0 Å². The highest BCUT2D eigenvalue weighted by atomic mass is 16.5. The van der Waals surface area contributed by atoms with Gasteiger partial charge in [0.2, 0.25) is 5.91 Å². The maximum atomic E-state index is 11.8. The average molecular weight is 278 g/mol. The minimum absolute atomic E-state index is 0.0557. The molecular formula is C15H22N2O3. The number of benzene rings is 1. The van der Waals surface area contributed by atoms with E-state index >= 15 is 0 Å². The molecule has 0 spiro atoms. The number of rotatable bonds is 5. The molecule has 1 atom stereocenters. The average Bonchev–Trinajstić information content (AvgIpc) is 2.69. The van der Waals surface area contributed by atoms with E-state index in [1.165, 1.54) is 0 Å². The topological polar surface area (TPSA) is 59.6 Å². The summed E-state index contributed by atoms with van der Waals surface area (Å²) in [6.45, 7) is 5.75. The Hall–Kier alpha value is -1.75. The van der Waals surface area contributed by atoms with Crippen molar-refractivity contribution in [3.05, 3.63) is 18.2 Å². The molecule has 0 fully saturated rings. The highest BCUT2D eigenvalue weighted by molar-refractivity contribution is 5.92. The summed E-state index contributed by atoms with van der Waals surface area (Å²) in [6.07, 6.45) is 1.87. The summed E-state index contributed by atoms with van der Waals surface area (Å²) in [6, 6.07) is 5.80. The third-order valence-electron chi connectivity index (χ3n) is 3.25. The molecule has 0 saturated heterocycles. The first-order chi connectivity index (χ1) is 9.69. The summed E-state index contributed by atoms with van der Waals surface area (Å²) >= 11 is 0. The van der Waals surface area contributed by atoms with E-state index in [0.29, 0.717) is 31.5 Å². The predicted molar refractivity (Wildman–Crippen MR) is 78.4 cm³/mol. The molecule has 0 aliphatic carbocycles. The van der Waals surface area contributed by atoms with E-state index in [-0.39, 0.29) is 5.91 Å². The smallest absolute Gasteiger partial charge is 0.238 e. The van der Waals surface area contributed by atoms with E-state index in [1.54, 1.807) is 0 Å². The van der Waals surface area contributed by atoms with Gasteiger partial charge in [-0.15, -0.1) is 0 Å². The predicted octanol–water partition coefficient (Wildman–Crippen LogP) is 2.17. The molecule has 20 heavy (non-hydrogen) atoms. The van der Waals surface area contributed by atoms with Crippen molar-refractivity contribution in [2.24, 2.45) is 0 Å². The van der Waals surface area contributed by atoms with Crippen molar-refractivity contribution in [1.82, 2.24) is 5.32 Å². The molecule has 0 bridgehead atoms. The van der Waals surface area contributed by atoms with E-state index < -0.39 is 0 Å². The van der Waals surface area contributed by atoms with Crippen molar-refractivity contribution < 1.29 is 14.3 Å². The fourth-order valence-corrected chi connectivity index (χ4v) is 1.86. The zero-order valence-electron chi connectivity index (χ0n) is 12.1. The largest absolute Gasteiger partial charge is 0.490 e. The molecule has 5 heteroatoms. The van der Waals surface area contributed by atoms with Gasteiger partial charge in [0.15, 0.2) is 11.5 Å². The lowest BCUT2D eigenvalue weighted by molar-refractivity contribution is -0.115. The number of anilines is 1. The third kappa shape index (κ3) is 4.13. The first kappa shape index (κ1) is 14.7. The number of hydrogen-bond donors (Lipinski definition) is 2. The van der Waals surface area contributed by atoms with Crippen LogP contribution in [0.25, 0.3) is 0 Å². The number of carbonyl (C=O) groups excluding carboxylic acids is 1. The second kappa shape index (κ2) is 7.14. The maximum Gasteiger partial charge on any atom is 0.238 e. The van der Waals surface area contributed by atoms with Gasteiger partial charge in [-0.3, -0.25) is 4.79 Å². The molecule has 0 radical (unpaired) electrons. The Morgan fingerprint density at radius 1 is 1.30 bits per heavy atom. The molecule has 0 saturated carbocycles. The van der Waals surface area contributed by atoms with Crippen LogP contribution in [0.15, 0.2) is 18.2 Å². The first-order valence-corrected chi connectivity index (χ1v) is 7.12. The maximum absolute atomic E-state index is 11.8. The lowest BCUT2D eigenvalue weighted by Gasteiger charge is -2.12. The van der Waals surface area contributed by atoms with Crippen LogP contribution >= 0.6 is 0 Å². The minimum atomic E-state index is -0.0557. The molecule has 2 N–H and O–H groups in total. The summed E-state index contributed by atoms with van der Waals surface area (Å²) in [5.74, 6) is 1.37. The van der Waals surface area contributed by atoms with Crippen molar-refractivity contribution in [3.8, 4) is 11.5 Å².